The molecule has 0 aliphatic heterocycles. The highest BCUT2D eigenvalue weighted by molar-refractivity contribution is 6.30. The summed E-state index contributed by atoms with van der Waals surface area (Å²) in [5, 5.41) is 1.10. The molecule has 1 aromatic heterocycles. The van der Waals surface area contributed by atoms with Crippen LogP contribution in [0.2, 0.25) is 5.02 Å². The van der Waals surface area contributed by atoms with Gasteiger partial charge in [-0.3, -0.25) is 4.79 Å². The van der Waals surface area contributed by atoms with E-state index in [4.69, 9.17) is 20.8 Å². The highest BCUT2D eigenvalue weighted by atomic mass is 35.5. The molecule has 0 N–H and O–H groups in total. The highest BCUT2D eigenvalue weighted by Gasteiger charge is 2.17. The van der Waals surface area contributed by atoms with E-state index in [0.29, 0.717) is 21.8 Å². The molecule has 0 bridgehead atoms. The molecule has 3 aromatic rings. The van der Waals surface area contributed by atoms with Gasteiger partial charge in [-0.1, -0.05) is 36.4 Å². The van der Waals surface area contributed by atoms with E-state index in [0.717, 1.165) is 5.56 Å². The minimum atomic E-state index is -0.200. The lowest BCUT2D eigenvalue weighted by molar-refractivity contribution is 0.351. The van der Waals surface area contributed by atoms with E-state index in [9.17, 15) is 4.79 Å². The number of hydrogen-bond acceptors (Lipinski definition) is 3. The summed E-state index contributed by atoms with van der Waals surface area (Å²) < 4.78 is 11.4. The molecule has 0 saturated carbocycles. The summed E-state index contributed by atoms with van der Waals surface area (Å²) >= 11 is 5.91. The van der Waals surface area contributed by atoms with Crippen molar-refractivity contribution in [1.29, 1.82) is 0 Å². The van der Waals surface area contributed by atoms with Crippen molar-refractivity contribution in [2.45, 2.75) is 0 Å². The number of fused-ring (bicyclic) bond motifs is 1. The second kappa shape index (κ2) is 6.08. The van der Waals surface area contributed by atoms with Crippen molar-refractivity contribution in [3.8, 4) is 17.1 Å². The van der Waals surface area contributed by atoms with Crippen LogP contribution >= 0.6 is 11.6 Å². The van der Waals surface area contributed by atoms with Crippen LogP contribution in [0.15, 0.2) is 70.4 Å². The zero-order chi connectivity index (χ0) is 15.5. The molecule has 22 heavy (non-hydrogen) atoms. The largest absolute Gasteiger partial charge is 0.482 e. The van der Waals surface area contributed by atoms with E-state index >= 15 is 0 Å². The molecule has 0 spiro atoms. The van der Waals surface area contributed by atoms with Crippen LogP contribution in [0.3, 0.4) is 0 Å². The van der Waals surface area contributed by atoms with Gasteiger partial charge in [0.15, 0.2) is 5.76 Å². The van der Waals surface area contributed by atoms with Gasteiger partial charge in [0.25, 0.3) is 0 Å². The van der Waals surface area contributed by atoms with Gasteiger partial charge in [0.1, 0.15) is 12.2 Å². The molecule has 0 aliphatic carbocycles. The maximum absolute atomic E-state index is 12.7. The lowest BCUT2D eigenvalue weighted by Crippen LogP contribution is -2.10. The summed E-state index contributed by atoms with van der Waals surface area (Å²) in [6.07, 6.45) is 1.58. The summed E-state index contributed by atoms with van der Waals surface area (Å²) in [6, 6.07) is 14.1. The Balaban J connectivity index is 2.28. The van der Waals surface area contributed by atoms with E-state index in [-0.39, 0.29) is 17.8 Å². The fraction of sp³-hybridized carbons (Fsp3) is 0.0556. The summed E-state index contributed by atoms with van der Waals surface area (Å²) in [6.45, 7) is 3.83. The predicted octanol–water partition coefficient (Wildman–Crippen LogP) is 4.68. The fourth-order valence-corrected chi connectivity index (χ4v) is 2.32. The summed E-state index contributed by atoms with van der Waals surface area (Å²) in [4.78, 5) is 12.7. The van der Waals surface area contributed by atoms with E-state index in [2.05, 4.69) is 6.58 Å². The van der Waals surface area contributed by atoms with Crippen LogP contribution in [0, 0.1) is 0 Å². The van der Waals surface area contributed by atoms with Crippen LogP contribution < -0.4 is 10.2 Å². The highest BCUT2D eigenvalue weighted by Crippen LogP contribution is 2.31. The molecule has 0 unspecified atom stereocenters. The second-order valence-corrected chi connectivity index (χ2v) is 5.13. The van der Waals surface area contributed by atoms with Gasteiger partial charge in [0.2, 0.25) is 11.2 Å². The van der Waals surface area contributed by atoms with Crippen molar-refractivity contribution in [2.24, 2.45) is 0 Å². The maximum atomic E-state index is 12.7. The average molecular weight is 313 g/mol. The first kappa shape index (κ1) is 14.4. The summed E-state index contributed by atoms with van der Waals surface area (Å²) in [5.41, 5.74) is 1.04. The van der Waals surface area contributed by atoms with E-state index in [1.54, 1.807) is 48.5 Å². The van der Waals surface area contributed by atoms with Gasteiger partial charge in [0, 0.05) is 10.6 Å². The Kier molecular flexibility index (Phi) is 3.98. The SMILES string of the molecule is C=CCOc1c(-c2ccc(Cl)cc2)oc2ccccc2c1=O. The molecule has 0 aliphatic rings. The molecule has 1 heterocycles. The van der Waals surface area contributed by atoms with Crippen molar-refractivity contribution < 1.29 is 9.15 Å². The van der Waals surface area contributed by atoms with Gasteiger partial charge in [0.05, 0.1) is 5.39 Å². The number of para-hydroxylation sites is 1. The first-order chi connectivity index (χ1) is 10.7. The third kappa shape index (κ3) is 2.63. The molecule has 4 heteroatoms. The zero-order valence-electron chi connectivity index (χ0n) is 11.7. The Hall–Kier alpha value is -2.52. The first-order valence-electron chi connectivity index (χ1n) is 6.76. The molecule has 0 fully saturated rings. The smallest absolute Gasteiger partial charge is 0.235 e. The van der Waals surface area contributed by atoms with Crippen LogP contribution in [0.25, 0.3) is 22.3 Å². The van der Waals surface area contributed by atoms with Crippen LogP contribution in [0.1, 0.15) is 0 Å². The van der Waals surface area contributed by atoms with Crippen LogP contribution in [-0.2, 0) is 0 Å². The number of benzene rings is 2. The normalized spacial score (nSPS) is 10.6. The van der Waals surface area contributed by atoms with Crippen LogP contribution in [0.5, 0.6) is 5.75 Å². The van der Waals surface area contributed by atoms with Gasteiger partial charge in [-0.25, -0.2) is 0 Å². The molecule has 0 radical (unpaired) electrons. The number of hydrogen-bond donors (Lipinski definition) is 0. The molecule has 0 saturated heterocycles. The second-order valence-electron chi connectivity index (χ2n) is 4.69. The molecule has 3 rings (SSSR count). The van der Waals surface area contributed by atoms with Crippen molar-refractivity contribution in [2.75, 3.05) is 6.61 Å². The Labute approximate surface area is 132 Å². The maximum Gasteiger partial charge on any atom is 0.235 e. The van der Waals surface area contributed by atoms with Crippen molar-refractivity contribution in [1.82, 2.24) is 0 Å². The molecule has 2 aromatic carbocycles. The van der Waals surface area contributed by atoms with Crippen LogP contribution in [0.4, 0.5) is 0 Å². The molecular formula is C18H13ClO3. The van der Waals surface area contributed by atoms with Crippen molar-refractivity contribution >= 4 is 22.6 Å². The van der Waals surface area contributed by atoms with Crippen LogP contribution in [-0.4, -0.2) is 6.61 Å². The van der Waals surface area contributed by atoms with Gasteiger partial charge in [-0.15, -0.1) is 0 Å². The molecule has 3 nitrogen and oxygen atoms in total. The Bertz CT molecular complexity index is 879. The van der Waals surface area contributed by atoms with Gasteiger partial charge >= 0.3 is 0 Å². The lowest BCUT2D eigenvalue weighted by atomic mass is 10.1. The quantitative estimate of drug-likeness (QED) is 0.657. The monoisotopic (exact) mass is 312 g/mol. The van der Waals surface area contributed by atoms with E-state index in [1.807, 2.05) is 6.07 Å². The van der Waals surface area contributed by atoms with Gasteiger partial charge < -0.3 is 9.15 Å². The molecular weight excluding hydrogens is 300 g/mol. The molecule has 0 atom stereocenters. The Morgan fingerprint density at radius 1 is 1.14 bits per heavy atom. The fourth-order valence-electron chi connectivity index (χ4n) is 2.19. The minimum Gasteiger partial charge on any atom is -0.482 e. The third-order valence-corrected chi connectivity index (χ3v) is 3.46. The Morgan fingerprint density at radius 2 is 1.86 bits per heavy atom. The molecule has 0 amide bonds. The number of rotatable bonds is 4. The molecule has 110 valence electrons. The lowest BCUT2D eigenvalue weighted by Gasteiger charge is -2.10. The standard InChI is InChI=1S/C18H13ClO3/c1-2-11-21-18-16(20)14-5-3-4-6-15(14)22-17(18)12-7-9-13(19)10-8-12/h2-10H,1,11H2. The first-order valence-corrected chi connectivity index (χ1v) is 7.14. The predicted molar refractivity (Wildman–Crippen MR) is 88.6 cm³/mol. The number of ether oxygens (including phenoxy) is 1. The topological polar surface area (TPSA) is 39.4 Å². The van der Waals surface area contributed by atoms with Crippen molar-refractivity contribution in [3.63, 3.8) is 0 Å². The Morgan fingerprint density at radius 3 is 2.59 bits per heavy atom. The van der Waals surface area contributed by atoms with Gasteiger partial charge in [-0.05, 0) is 36.4 Å². The average Bonchev–Trinajstić information content (AvgIpc) is 2.55. The number of halogens is 1. The van der Waals surface area contributed by atoms with Gasteiger partial charge in [-0.2, -0.15) is 0 Å². The minimum absolute atomic E-state index is 0.181. The third-order valence-electron chi connectivity index (χ3n) is 3.21. The van der Waals surface area contributed by atoms with E-state index in [1.165, 1.54) is 0 Å². The zero-order valence-corrected chi connectivity index (χ0v) is 12.5. The summed E-state index contributed by atoms with van der Waals surface area (Å²) in [7, 11) is 0. The van der Waals surface area contributed by atoms with E-state index < -0.39 is 0 Å². The van der Waals surface area contributed by atoms with Crippen molar-refractivity contribution in [3.05, 3.63) is 76.4 Å². The summed E-state index contributed by atoms with van der Waals surface area (Å²) in [5.74, 6) is 0.572.